The zero-order valence-electron chi connectivity index (χ0n) is 12.1. The number of carbonyl (C=O) groups is 1. The summed E-state index contributed by atoms with van der Waals surface area (Å²) in [6, 6.07) is 4.27. The first-order valence-electron chi connectivity index (χ1n) is 6.35. The first-order chi connectivity index (χ1) is 9.68. The number of likely N-dealkylation sites (N-methyl/N-ethyl adjacent to an activating group) is 1. The number of carbonyl (C=O) groups excluding carboxylic acids is 1. The van der Waals surface area contributed by atoms with Crippen LogP contribution in [-0.2, 0) is 14.8 Å². The number of hydrogen-bond acceptors (Lipinski definition) is 5. The van der Waals surface area contributed by atoms with Crippen molar-refractivity contribution in [2.75, 3.05) is 25.6 Å². The quantitative estimate of drug-likeness (QED) is 0.839. The van der Waals surface area contributed by atoms with Gasteiger partial charge in [-0.25, -0.2) is 8.42 Å². The maximum Gasteiger partial charge on any atom is 0.262 e. The molecule has 0 radical (unpaired) electrons. The van der Waals surface area contributed by atoms with Crippen molar-refractivity contribution in [2.45, 2.75) is 24.3 Å². The van der Waals surface area contributed by atoms with E-state index in [1.54, 1.807) is 13.8 Å². The molecule has 1 amide bonds. The number of anilines is 1. The van der Waals surface area contributed by atoms with E-state index in [4.69, 9.17) is 4.74 Å². The number of hydrogen-bond donors (Lipinski definition) is 2. The Labute approximate surface area is 123 Å². The summed E-state index contributed by atoms with van der Waals surface area (Å²) >= 11 is 0. The lowest BCUT2D eigenvalue weighted by atomic mass is 10.1. The third-order valence-corrected chi connectivity index (χ3v) is 5.55. The molecule has 1 aromatic carbocycles. The Hall–Kier alpha value is -1.64. The molecule has 0 atom stereocenters. The van der Waals surface area contributed by atoms with Gasteiger partial charge in [0.1, 0.15) is 5.75 Å². The molecule has 2 rings (SSSR count). The highest BCUT2D eigenvalue weighted by Crippen LogP contribution is 2.32. The van der Waals surface area contributed by atoms with Crippen molar-refractivity contribution in [1.29, 1.82) is 0 Å². The zero-order valence-corrected chi connectivity index (χ0v) is 12.9. The van der Waals surface area contributed by atoms with E-state index in [0.29, 0.717) is 11.4 Å². The number of ether oxygens (including phenoxy) is 1. The van der Waals surface area contributed by atoms with Crippen LogP contribution in [0, 0.1) is 0 Å². The van der Waals surface area contributed by atoms with E-state index in [-0.39, 0.29) is 24.0 Å². The molecular weight excluding hydrogens is 296 g/mol. The summed E-state index contributed by atoms with van der Waals surface area (Å²) in [5.74, 6) is 0.0960. The van der Waals surface area contributed by atoms with Crippen LogP contribution in [0.15, 0.2) is 23.1 Å². The molecule has 0 saturated heterocycles. The average Bonchev–Trinajstić information content (AvgIpc) is 2.45. The second kappa shape index (κ2) is 5.28. The number of fused-ring (bicyclic) bond motifs is 1. The lowest BCUT2D eigenvalue weighted by Gasteiger charge is -2.33. The summed E-state index contributed by atoms with van der Waals surface area (Å²) in [4.78, 5) is 11.3. The summed E-state index contributed by atoms with van der Waals surface area (Å²) in [7, 11) is -2.39. The van der Waals surface area contributed by atoms with Crippen LogP contribution in [0.25, 0.3) is 0 Å². The van der Waals surface area contributed by atoms with Crippen molar-refractivity contribution in [2.24, 2.45) is 0 Å². The largest absolute Gasteiger partial charge is 0.482 e. The molecule has 8 heteroatoms. The van der Waals surface area contributed by atoms with Crippen LogP contribution in [0.5, 0.6) is 5.75 Å². The first kappa shape index (κ1) is 15.7. The molecular formula is C13H18N2O5S. The van der Waals surface area contributed by atoms with Gasteiger partial charge in [-0.15, -0.1) is 0 Å². The third-order valence-electron chi connectivity index (χ3n) is 3.48. The molecule has 0 unspecified atom stereocenters. The molecule has 0 aromatic heterocycles. The Bertz CT molecular complexity index is 669. The molecule has 21 heavy (non-hydrogen) atoms. The van der Waals surface area contributed by atoms with Crippen LogP contribution in [-0.4, -0.2) is 49.5 Å². The van der Waals surface area contributed by atoms with E-state index in [1.165, 1.54) is 25.2 Å². The van der Waals surface area contributed by atoms with Gasteiger partial charge >= 0.3 is 0 Å². The lowest BCUT2D eigenvalue weighted by Crippen LogP contribution is -2.47. The molecule has 1 heterocycles. The summed E-state index contributed by atoms with van der Waals surface area (Å²) in [5.41, 5.74) is -0.614. The van der Waals surface area contributed by atoms with Gasteiger partial charge in [0.15, 0.2) is 6.61 Å². The molecule has 0 aliphatic carbocycles. The number of rotatable bonds is 4. The normalized spacial score (nSPS) is 15.4. The van der Waals surface area contributed by atoms with E-state index >= 15 is 0 Å². The molecule has 1 aliphatic heterocycles. The van der Waals surface area contributed by atoms with Crippen molar-refractivity contribution < 1.29 is 23.1 Å². The van der Waals surface area contributed by atoms with Gasteiger partial charge in [0, 0.05) is 7.05 Å². The standard InChI is InChI=1S/C13H18N2O5S/c1-13(2,8-16)15(3)21(18,19)9-4-5-11-10(6-9)14-12(17)7-20-11/h4-6,16H,7-8H2,1-3H3,(H,14,17). The highest BCUT2D eigenvalue weighted by molar-refractivity contribution is 7.89. The average molecular weight is 314 g/mol. The monoisotopic (exact) mass is 314 g/mol. The fourth-order valence-corrected chi connectivity index (χ4v) is 3.34. The number of sulfonamides is 1. The smallest absolute Gasteiger partial charge is 0.262 e. The van der Waals surface area contributed by atoms with E-state index in [9.17, 15) is 18.3 Å². The predicted molar refractivity (Wildman–Crippen MR) is 76.7 cm³/mol. The number of nitrogens with zero attached hydrogens (tertiary/aromatic N) is 1. The fourth-order valence-electron chi connectivity index (χ4n) is 1.81. The van der Waals surface area contributed by atoms with E-state index in [2.05, 4.69) is 5.32 Å². The van der Waals surface area contributed by atoms with E-state index in [0.717, 1.165) is 4.31 Å². The van der Waals surface area contributed by atoms with Gasteiger partial charge in [0.05, 0.1) is 22.7 Å². The molecule has 0 bridgehead atoms. The summed E-state index contributed by atoms with van der Waals surface area (Å²) in [6.07, 6.45) is 0. The van der Waals surface area contributed by atoms with Gasteiger partial charge in [0.25, 0.3) is 5.91 Å². The zero-order chi connectivity index (χ0) is 15.8. The van der Waals surface area contributed by atoms with Gasteiger partial charge in [0.2, 0.25) is 10.0 Å². The minimum absolute atomic E-state index is 0.0241. The van der Waals surface area contributed by atoms with Gasteiger partial charge in [-0.3, -0.25) is 4.79 Å². The maximum absolute atomic E-state index is 12.6. The topological polar surface area (TPSA) is 95.9 Å². The minimum Gasteiger partial charge on any atom is -0.482 e. The fraction of sp³-hybridized carbons (Fsp3) is 0.462. The van der Waals surface area contributed by atoms with Crippen LogP contribution in [0.1, 0.15) is 13.8 Å². The van der Waals surface area contributed by atoms with Gasteiger partial charge < -0.3 is 15.2 Å². The second-order valence-electron chi connectivity index (χ2n) is 5.44. The molecule has 0 spiro atoms. The molecule has 0 saturated carbocycles. The van der Waals surface area contributed by atoms with Gasteiger partial charge in [-0.2, -0.15) is 4.31 Å². The van der Waals surface area contributed by atoms with Crippen molar-refractivity contribution in [1.82, 2.24) is 4.31 Å². The predicted octanol–water partition coefficient (Wildman–Crippen LogP) is 0.409. The molecule has 0 fully saturated rings. The highest BCUT2D eigenvalue weighted by Gasteiger charge is 2.34. The first-order valence-corrected chi connectivity index (χ1v) is 7.79. The van der Waals surface area contributed by atoms with Gasteiger partial charge in [-0.05, 0) is 32.0 Å². The molecule has 7 nitrogen and oxygen atoms in total. The Morgan fingerprint density at radius 3 is 2.71 bits per heavy atom. The van der Waals surface area contributed by atoms with Crippen LogP contribution < -0.4 is 10.1 Å². The lowest BCUT2D eigenvalue weighted by molar-refractivity contribution is -0.118. The van der Waals surface area contributed by atoms with Crippen LogP contribution in [0.3, 0.4) is 0 Å². The Balaban J connectivity index is 2.42. The van der Waals surface area contributed by atoms with Crippen molar-refractivity contribution in [3.8, 4) is 5.75 Å². The number of aliphatic hydroxyl groups is 1. The minimum atomic E-state index is -3.79. The third kappa shape index (κ3) is 2.87. The van der Waals surface area contributed by atoms with Gasteiger partial charge in [-0.1, -0.05) is 0 Å². The molecule has 1 aromatic rings. The summed E-state index contributed by atoms with van der Waals surface area (Å²) < 4.78 is 31.4. The number of benzene rings is 1. The van der Waals surface area contributed by atoms with Crippen LogP contribution in [0.4, 0.5) is 5.69 Å². The SMILES string of the molecule is CN(C(C)(C)CO)S(=O)(=O)c1ccc2c(c1)NC(=O)CO2. The van der Waals surface area contributed by atoms with Crippen LogP contribution >= 0.6 is 0 Å². The number of aliphatic hydroxyl groups excluding tert-OH is 1. The van der Waals surface area contributed by atoms with Crippen LogP contribution in [0.2, 0.25) is 0 Å². The van der Waals surface area contributed by atoms with E-state index in [1.807, 2.05) is 0 Å². The Morgan fingerprint density at radius 2 is 2.10 bits per heavy atom. The second-order valence-corrected chi connectivity index (χ2v) is 7.41. The summed E-state index contributed by atoms with van der Waals surface area (Å²) in [6.45, 7) is 2.84. The Morgan fingerprint density at radius 1 is 1.43 bits per heavy atom. The number of amides is 1. The highest BCUT2D eigenvalue weighted by atomic mass is 32.2. The van der Waals surface area contributed by atoms with E-state index < -0.39 is 15.6 Å². The molecule has 2 N–H and O–H groups in total. The maximum atomic E-state index is 12.6. The molecule has 116 valence electrons. The van der Waals surface area contributed by atoms with Crippen molar-refractivity contribution in [3.05, 3.63) is 18.2 Å². The van der Waals surface area contributed by atoms with Crippen molar-refractivity contribution >= 4 is 21.6 Å². The summed E-state index contributed by atoms with van der Waals surface area (Å²) in [5, 5.41) is 11.9. The van der Waals surface area contributed by atoms with Crippen molar-refractivity contribution in [3.63, 3.8) is 0 Å². The number of nitrogens with one attached hydrogen (secondary N) is 1. The Kier molecular flexibility index (Phi) is 3.96. The molecule has 1 aliphatic rings.